The van der Waals surface area contributed by atoms with Crippen LogP contribution in [0.1, 0.15) is 121 Å². The highest BCUT2D eigenvalue weighted by molar-refractivity contribution is 5.96. The highest BCUT2D eigenvalue weighted by Gasteiger charge is 2.02. The van der Waals surface area contributed by atoms with E-state index in [0.717, 1.165) is 30.2 Å². The summed E-state index contributed by atoms with van der Waals surface area (Å²) in [6.45, 7) is 4.91. The van der Waals surface area contributed by atoms with E-state index in [9.17, 15) is 4.79 Å². The van der Waals surface area contributed by atoms with Crippen molar-refractivity contribution in [3.05, 3.63) is 54.1 Å². The zero-order chi connectivity index (χ0) is 25.0. The van der Waals surface area contributed by atoms with Gasteiger partial charge in [-0.1, -0.05) is 97.3 Å². The number of ether oxygens (including phenoxy) is 1. The van der Waals surface area contributed by atoms with Crippen LogP contribution in [0.3, 0.4) is 0 Å². The van der Waals surface area contributed by atoms with E-state index in [1.54, 1.807) is 12.1 Å². The first-order valence-electron chi connectivity index (χ1n) is 14.0. The Morgan fingerprint density at radius 3 is 1.49 bits per heavy atom. The van der Waals surface area contributed by atoms with E-state index < -0.39 is 0 Å². The maximum atomic E-state index is 11.7. The van der Waals surface area contributed by atoms with Gasteiger partial charge in [-0.25, -0.2) is 0 Å². The van der Waals surface area contributed by atoms with Gasteiger partial charge >= 0.3 is 0 Å². The van der Waals surface area contributed by atoms with Crippen molar-refractivity contribution in [2.24, 2.45) is 10.2 Å². The number of rotatable bonds is 20. The Labute approximate surface area is 213 Å². The van der Waals surface area contributed by atoms with Crippen molar-refractivity contribution in [3.63, 3.8) is 0 Å². The molecule has 0 aliphatic rings. The second-order valence-corrected chi connectivity index (χ2v) is 9.46. The van der Waals surface area contributed by atoms with Crippen LogP contribution in [-0.4, -0.2) is 12.4 Å². The Bertz CT molecular complexity index is 828. The molecule has 0 heterocycles. The Balaban J connectivity index is 1.48. The van der Waals surface area contributed by atoms with Crippen LogP contribution in [0.15, 0.2) is 58.8 Å². The standard InChI is InChI=1S/C31H46N2O2/c1-3-5-6-7-8-9-10-11-12-13-14-15-16-17-26-35-30-24-22-29(23-25-30)33-32-28-20-18-27(19-21-28)31(34)4-2/h18-25H,3-17,26H2,1-2H3. The molecule has 0 aliphatic carbocycles. The third-order valence-electron chi connectivity index (χ3n) is 6.39. The van der Waals surface area contributed by atoms with Crippen LogP contribution in [0.2, 0.25) is 0 Å². The summed E-state index contributed by atoms with van der Waals surface area (Å²) in [5, 5.41) is 8.52. The molecule has 0 amide bonds. The zero-order valence-electron chi connectivity index (χ0n) is 22.1. The van der Waals surface area contributed by atoms with Crippen molar-refractivity contribution >= 4 is 17.2 Å². The van der Waals surface area contributed by atoms with E-state index in [1.807, 2.05) is 43.3 Å². The van der Waals surface area contributed by atoms with Gasteiger partial charge in [0.15, 0.2) is 5.78 Å². The van der Waals surface area contributed by atoms with Gasteiger partial charge < -0.3 is 4.74 Å². The van der Waals surface area contributed by atoms with Gasteiger partial charge in [-0.05, 0) is 55.0 Å². The van der Waals surface area contributed by atoms with E-state index in [2.05, 4.69) is 17.2 Å². The molecule has 35 heavy (non-hydrogen) atoms. The molecule has 0 bridgehead atoms. The van der Waals surface area contributed by atoms with Crippen molar-refractivity contribution in [3.8, 4) is 5.75 Å². The van der Waals surface area contributed by atoms with Gasteiger partial charge in [0.25, 0.3) is 0 Å². The highest BCUT2D eigenvalue weighted by atomic mass is 16.5. The second kappa shape index (κ2) is 18.8. The molecule has 0 atom stereocenters. The fraction of sp³-hybridized carbons (Fsp3) is 0.581. The minimum Gasteiger partial charge on any atom is -0.494 e. The number of carbonyl (C=O) groups is 1. The number of Topliss-reactive ketones (excluding diaryl/α,β-unsaturated/α-hetero) is 1. The van der Waals surface area contributed by atoms with E-state index in [0.29, 0.717) is 12.0 Å². The largest absolute Gasteiger partial charge is 0.494 e. The van der Waals surface area contributed by atoms with E-state index >= 15 is 0 Å². The third-order valence-corrected chi connectivity index (χ3v) is 6.39. The average molecular weight is 479 g/mol. The molecule has 0 aliphatic heterocycles. The van der Waals surface area contributed by atoms with Gasteiger partial charge in [0.1, 0.15) is 5.75 Å². The molecular weight excluding hydrogens is 432 g/mol. The number of ketones is 1. The maximum absolute atomic E-state index is 11.7. The Hall–Kier alpha value is -2.49. The van der Waals surface area contributed by atoms with Crippen molar-refractivity contribution in [2.75, 3.05) is 6.61 Å². The Morgan fingerprint density at radius 1 is 0.600 bits per heavy atom. The summed E-state index contributed by atoms with van der Waals surface area (Å²) in [7, 11) is 0. The van der Waals surface area contributed by atoms with Crippen molar-refractivity contribution in [2.45, 2.75) is 110 Å². The Kier molecular flexibility index (Phi) is 15.4. The fourth-order valence-corrected chi connectivity index (χ4v) is 4.13. The van der Waals surface area contributed by atoms with Crippen LogP contribution in [0.25, 0.3) is 0 Å². The molecule has 4 nitrogen and oxygen atoms in total. The third kappa shape index (κ3) is 13.2. The zero-order valence-corrected chi connectivity index (χ0v) is 22.1. The van der Waals surface area contributed by atoms with Crippen LogP contribution in [0.4, 0.5) is 11.4 Å². The second-order valence-electron chi connectivity index (χ2n) is 9.46. The predicted octanol–water partition coefficient (Wildman–Crippen LogP) is 10.6. The molecule has 2 aromatic rings. The van der Waals surface area contributed by atoms with E-state index in [1.165, 1.54) is 83.5 Å². The minimum absolute atomic E-state index is 0.137. The number of azo groups is 1. The smallest absolute Gasteiger partial charge is 0.162 e. The first-order chi connectivity index (χ1) is 17.2. The summed E-state index contributed by atoms with van der Waals surface area (Å²) >= 11 is 0. The summed E-state index contributed by atoms with van der Waals surface area (Å²) in [4.78, 5) is 11.7. The van der Waals surface area contributed by atoms with Crippen molar-refractivity contribution in [1.29, 1.82) is 0 Å². The maximum Gasteiger partial charge on any atom is 0.162 e. The van der Waals surface area contributed by atoms with Crippen LogP contribution in [0, 0.1) is 0 Å². The van der Waals surface area contributed by atoms with Crippen LogP contribution >= 0.6 is 0 Å². The number of nitrogens with zero attached hydrogens (tertiary/aromatic N) is 2. The normalized spacial score (nSPS) is 11.3. The lowest BCUT2D eigenvalue weighted by Crippen LogP contribution is -1.96. The van der Waals surface area contributed by atoms with Gasteiger partial charge in [-0.3, -0.25) is 4.79 Å². The summed E-state index contributed by atoms with van der Waals surface area (Å²) in [5.74, 6) is 1.01. The summed E-state index contributed by atoms with van der Waals surface area (Å²) in [6.07, 6.45) is 19.6. The number of hydrogen-bond donors (Lipinski definition) is 0. The summed E-state index contributed by atoms with van der Waals surface area (Å²) in [5.41, 5.74) is 2.23. The fourth-order valence-electron chi connectivity index (χ4n) is 4.13. The molecule has 0 saturated carbocycles. The molecule has 0 unspecified atom stereocenters. The summed E-state index contributed by atoms with van der Waals surface area (Å²) < 4.78 is 5.87. The van der Waals surface area contributed by atoms with Gasteiger partial charge in [0, 0.05) is 12.0 Å². The van der Waals surface area contributed by atoms with E-state index in [4.69, 9.17) is 4.74 Å². The first-order valence-corrected chi connectivity index (χ1v) is 14.0. The minimum atomic E-state index is 0.137. The Morgan fingerprint density at radius 2 is 1.03 bits per heavy atom. The van der Waals surface area contributed by atoms with Gasteiger partial charge in [0.2, 0.25) is 0 Å². The molecule has 2 rings (SSSR count). The lowest BCUT2D eigenvalue weighted by atomic mass is 10.0. The average Bonchev–Trinajstić information content (AvgIpc) is 2.90. The molecule has 0 spiro atoms. The monoisotopic (exact) mass is 478 g/mol. The molecule has 192 valence electrons. The molecule has 0 fully saturated rings. The molecule has 0 saturated heterocycles. The summed E-state index contributed by atoms with van der Waals surface area (Å²) in [6, 6.07) is 15.0. The molecule has 0 radical (unpaired) electrons. The van der Waals surface area contributed by atoms with Gasteiger partial charge in [-0.15, -0.1) is 0 Å². The highest BCUT2D eigenvalue weighted by Crippen LogP contribution is 2.22. The van der Waals surface area contributed by atoms with E-state index in [-0.39, 0.29) is 5.78 Å². The van der Waals surface area contributed by atoms with Crippen LogP contribution in [0.5, 0.6) is 5.75 Å². The quantitative estimate of drug-likeness (QED) is 0.108. The molecule has 2 aromatic carbocycles. The lowest BCUT2D eigenvalue weighted by molar-refractivity contribution is 0.0988. The van der Waals surface area contributed by atoms with Crippen molar-refractivity contribution in [1.82, 2.24) is 0 Å². The predicted molar refractivity (Wildman–Crippen MR) is 147 cm³/mol. The van der Waals surface area contributed by atoms with Gasteiger partial charge in [0.05, 0.1) is 18.0 Å². The van der Waals surface area contributed by atoms with Crippen LogP contribution < -0.4 is 4.74 Å². The number of hydrogen-bond acceptors (Lipinski definition) is 4. The molecular formula is C31H46N2O2. The molecule has 0 aromatic heterocycles. The number of carbonyl (C=O) groups excluding carboxylic acids is 1. The SMILES string of the molecule is CCCCCCCCCCCCCCCCOc1ccc(N=Nc2ccc(C(=O)CC)cc2)cc1. The first kappa shape index (κ1) is 28.7. The molecule has 0 N–H and O–H groups in total. The topological polar surface area (TPSA) is 51.0 Å². The lowest BCUT2D eigenvalue weighted by Gasteiger charge is -2.06. The van der Waals surface area contributed by atoms with Crippen molar-refractivity contribution < 1.29 is 9.53 Å². The number of unbranched alkanes of at least 4 members (excludes halogenated alkanes) is 13. The number of benzene rings is 2. The molecule has 4 heteroatoms. The van der Waals surface area contributed by atoms with Crippen LogP contribution in [-0.2, 0) is 0 Å². The van der Waals surface area contributed by atoms with Gasteiger partial charge in [-0.2, -0.15) is 10.2 Å².